The summed E-state index contributed by atoms with van der Waals surface area (Å²) in [5.41, 5.74) is 2.32. The smallest absolute Gasteiger partial charge is 0.220 e. The van der Waals surface area contributed by atoms with Crippen LogP contribution in [-0.4, -0.2) is 33.6 Å². The summed E-state index contributed by atoms with van der Waals surface area (Å²) in [4.78, 5) is 16.5. The molecule has 0 bridgehead atoms. The van der Waals surface area contributed by atoms with Crippen LogP contribution in [0.25, 0.3) is 16.9 Å². The second-order valence-corrected chi connectivity index (χ2v) is 7.92. The minimum atomic E-state index is 0.123. The fraction of sp³-hybridized carbons (Fsp3) is 0.316. The van der Waals surface area contributed by atoms with E-state index in [4.69, 9.17) is 11.6 Å². The zero-order chi connectivity index (χ0) is 18.8. The third-order valence-electron chi connectivity index (χ3n) is 4.50. The van der Waals surface area contributed by atoms with Gasteiger partial charge in [0.05, 0.1) is 16.4 Å². The van der Waals surface area contributed by atoms with Crippen LogP contribution in [0.2, 0.25) is 5.02 Å². The largest absolute Gasteiger partial charge is 0.368 e. The monoisotopic (exact) mass is 447 g/mol. The van der Waals surface area contributed by atoms with Crippen LogP contribution < -0.4 is 10.6 Å². The van der Waals surface area contributed by atoms with Gasteiger partial charge in [-0.2, -0.15) is 9.61 Å². The molecule has 0 spiro atoms. The Balaban J connectivity index is 1.52. The van der Waals surface area contributed by atoms with Gasteiger partial charge in [-0.3, -0.25) is 4.79 Å². The van der Waals surface area contributed by atoms with Gasteiger partial charge in [-0.05, 0) is 40.8 Å². The number of benzene rings is 1. The van der Waals surface area contributed by atoms with Gasteiger partial charge in [0.1, 0.15) is 5.82 Å². The maximum atomic E-state index is 11.8. The number of rotatable bonds is 7. The lowest BCUT2D eigenvalue weighted by Crippen LogP contribution is -2.29. The maximum Gasteiger partial charge on any atom is 0.220 e. The molecule has 0 atom stereocenters. The highest BCUT2D eigenvalue weighted by molar-refractivity contribution is 9.10. The van der Waals surface area contributed by atoms with Crippen LogP contribution in [0.1, 0.15) is 19.3 Å². The van der Waals surface area contributed by atoms with Crippen molar-refractivity contribution in [2.45, 2.75) is 19.3 Å². The van der Waals surface area contributed by atoms with Crippen LogP contribution in [0, 0.1) is 5.92 Å². The Hall–Kier alpha value is -2.12. The summed E-state index contributed by atoms with van der Waals surface area (Å²) in [6.07, 6.45) is 4.71. The summed E-state index contributed by atoms with van der Waals surface area (Å²) < 4.78 is 2.54. The lowest BCUT2D eigenvalue weighted by molar-refractivity contribution is -0.121. The molecule has 1 aliphatic rings. The zero-order valence-corrected chi connectivity index (χ0v) is 16.9. The molecule has 1 aromatic carbocycles. The molecular weight excluding hydrogens is 430 g/mol. The summed E-state index contributed by atoms with van der Waals surface area (Å²) in [5, 5.41) is 11.3. The minimum absolute atomic E-state index is 0.123. The third-order valence-corrected chi connectivity index (χ3v) is 5.39. The number of hydrogen-bond acceptors (Lipinski definition) is 4. The Labute approximate surface area is 170 Å². The Morgan fingerprint density at radius 2 is 2.11 bits per heavy atom. The Morgan fingerprint density at radius 1 is 1.30 bits per heavy atom. The molecule has 1 saturated carbocycles. The quantitative estimate of drug-likeness (QED) is 0.533. The highest BCUT2D eigenvalue weighted by Crippen LogP contribution is 2.32. The zero-order valence-electron chi connectivity index (χ0n) is 14.6. The number of anilines is 1. The van der Waals surface area contributed by atoms with Gasteiger partial charge in [-0.25, -0.2) is 4.98 Å². The summed E-state index contributed by atoms with van der Waals surface area (Å²) in [7, 11) is 0. The first-order valence-electron chi connectivity index (χ1n) is 8.91. The molecule has 3 aromatic rings. The van der Waals surface area contributed by atoms with Crippen molar-refractivity contribution in [1.82, 2.24) is 19.9 Å². The number of aromatic nitrogens is 3. The SMILES string of the molecule is O=C(CC1CC1)NCCNc1cc(-c2ccccc2Cl)nc2c(Br)cnn12. The number of halogens is 2. The van der Waals surface area contributed by atoms with E-state index in [-0.39, 0.29) is 5.91 Å². The lowest BCUT2D eigenvalue weighted by Gasteiger charge is -2.12. The highest BCUT2D eigenvalue weighted by atomic mass is 79.9. The van der Waals surface area contributed by atoms with E-state index in [0.717, 1.165) is 21.5 Å². The first kappa shape index (κ1) is 18.3. The van der Waals surface area contributed by atoms with Gasteiger partial charge in [-0.1, -0.05) is 29.8 Å². The van der Waals surface area contributed by atoms with E-state index in [1.165, 1.54) is 12.8 Å². The highest BCUT2D eigenvalue weighted by Gasteiger charge is 2.24. The standard InChI is InChI=1S/C19H19BrClN5O/c20-14-11-24-26-17(22-7-8-23-18(27)9-12-5-6-12)10-16(25-19(14)26)13-3-1-2-4-15(13)21/h1-4,10-12,22H,5-9H2,(H,23,27). The molecule has 2 N–H and O–H groups in total. The van der Waals surface area contributed by atoms with Crippen LogP contribution >= 0.6 is 27.5 Å². The Kier molecular flexibility index (Phi) is 5.31. The van der Waals surface area contributed by atoms with E-state index in [2.05, 4.69) is 36.6 Å². The number of fused-ring (bicyclic) bond motifs is 1. The van der Waals surface area contributed by atoms with Gasteiger partial charge < -0.3 is 10.6 Å². The van der Waals surface area contributed by atoms with Crippen LogP contribution in [-0.2, 0) is 4.79 Å². The average molecular weight is 449 g/mol. The number of amides is 1. The Bertz CT molecular complexity index is 985. The van der Waals surface area contributed by atoms with E-state index in [1.807, 2.05) is 30.3 Å². The van der Waals surface area contributed by atoms with E-state index in [1.54, 1.807) is 10.7 Å². The second-order valence-electron chi connectivity index (χ2n) is 6.66. The van der Waals surface area contributed by atoms with E-state index < -0.39 is 0 Å². The fourth-order valence-corrected chi connectivity index (χ4v) is 3.50. The molecule has 2 aromatic heterocycles. The summed E-state index contributed by atoms with van der Waals surface area (Å²) >= 11 is 9.83. The molecule has 8 heteroatoms. The molecule has 0 saturated heterocycles. The Morgan fingerprint density at radius 3 is 2.89 bits per heavy atom. The van der Waals surface area contributed by atoms with Gasteiger partial charge in [0.2, 0.25) is 5.91 Å². The van der Waals surface area contributed by atoms with Gasteiger partial charge in [0.15, 0.2) is 5.65 Å². The van der Waals surface area contributed by atoms with E-state index >= 15 is 0 Å². The van der Waals surface area contributed by atoms with Crippen molar-refractivity contribution in [1.29, 1.82) is 0 Å². The predicted molar refractivity (Wildman–Crippen MR) is 110 cm³/mol. The van der Waals surface area contributed by atoms with E-state index in [9.17, 15) is 4.79 Å². The van der Waals surface area contributed by atoms with Gasteiger partial charge in [0.25, 0.3) is 0 Å². The number of carbonyl (C=O) groups is 1. The van der Waals surface area contributed by atoms with E-state index in [0.29, 0.717) is 36.1 Å². The lowest BCUT2D eigenvalue weighted by atomic mass is 10.1. The topological polar surface area (TPSA) is 71.3 Å². The van der Waals surface area contributed by atoms with Crippen molar-refractivity contribution in [3.05, 3.63) is 46.0 Å². The van der Waals surface area contributed by atoms with Crippen molar-refractivity contribution in [2.75, 3.05) is 18.4 Å². The van der Waals surface area contributed by atoms with Crippen molar-refractivity contribution in [3.8, 4) is 11.3 Å². The second kappa shape index (κ2) is 7.86. The van der Waals surface area contributed by atoms with Gasteiger partial charge in [0, 0.05) is 36.2 Å². The molecule has 0 unspecified atom stereocenters. The molecule has 2 heterocycles. The number of nitrogens with zero attached hydrogens (tertiary/aromatic N) is 3. The van der Waals surface area contributed by atoms with Crippen molar-refractivity contribution in [3.63, 3.8) is 0 Å². The number of hydrogen-bond donors (Lipinski definition) is 2. The normalized spacial score (nSPS) is 13.7. The molecular formula is C19H19BrClN5O. The van der Waals surface area contributed by atoms with Crippen molar-refractivity contribution in [2.24, 2.45) is 5.92 Å². The van der Waals surface area contributed by atoms with Gasteiger partial charge in [-0.15, -0.1) is 0 Å². The molecule has 6 nitrogen and oxygen atoms in total. The molecule has 1 aliphatic carbocycles. The van der Waals surface area contributed by atoms with Crippen molar-refractivity contribution < 1.29 is 4.79 Å². The first-order valence-corrected chi connectivity index (χ1v) is 10.1. The number of carbonyl (C=O) groups excluding carboxylic acids is 1. The van der Waals surface area contributed by atoms with Crippen molar-refractivity contribution >= 4 is 44.9 Å². The summed E-state index contributed by atoms with van der Waals surface area (Å²) in [5.74, 6) is 1.51. The summed E-state index contributed by atoms with van der Waals surface area (Å²) in [6.45, 7) is 1.15. The minimum Gasteiger partial charge on any atom is -0.368 e. The molecule has 27 heavy (non-hydrogen) atoms. The number of nitrogens with one attached hydrogen (secondary N) is 2. The molecule has 0 radical (unpaired) electrons. The fourth-order valence-electron chi connectivity index (χ4n) is 2.92. The molecule has 1 amide bonds. The van der Waals surface area contributed by atoms with Crippen LogP contribution in [0.4, 0.5) is 5.82 Å². The van der Waals surface area contributed by atoms with Crippen LogP contribution in [0.5, 0.6) is 0 Å². The van der Waals surface area contributed by atoms with Crippen LogP contribution in [0.3, 0.4) is 0 Å². The molecule has 140 valence electrons. The maximum absolute atomic E-state index is 11.8. The van der Waals surface area contributed by atoms with Gasteiger partial charge >= 0.3 is 0 Å². The third kappa shape index (κ3) is 4.25. The molecule has 1 fully saturated rings. The summed E-state index contributed by atoms with van der Waals surface area (Å²) in [6, 6.07) is 9.52. The average Bonchev–Trinajstić information content (AvgIpc) is 3.40. The molecule has 0 aliphatic heterocycles. The molecule has 4 rings (SSSR count). The first-order chi connectivity index (χ1) is 13.1. The van der Waals surface area contributed by atoms with Crippen LogP contribution in [0.15, 0.2) is 41.0 Å². The predicted octanol–water partition coefficient (Wildman–Crippen LogP) is 4.14.